The van der Waals surface area contributed by atoms with Gasteiger partial charge in [0.25, 0.3) is 0 Å². The van der Waals surface area contributed by atoms with E-state index in [1.54, 1.807) is 16.4 Å². The molecule has 6 nitrogen and oxygen atoms in total. The third-order valence-corrected chi connectivity index (χ3v) is 8.32. The molecule has 0 aromatic heterocycles. The van der Waals surface area contributed by atoms with Crippen molar-refractivity contribution in [1.82, 2.24) is 14.5 Å². The van der Waals surface area contributed by atoms with Gasteiger partial charge in [-0.15, -0.1) is 0 Å². The molecule has 0 unspecified atom stereocenters. The molecule has 7 heteroatoms. The molecule has 2 aliphatic heterocycles. The summed E-state index contributed by atoms with van der Waals surface area (Å²) in [6, 6.07) is 17.6. The predicted octanol–water partition coefficient (Wildman–Crippen LogP) is 3.18. The van der Waals surface area contributed by atoms with Crippen LogP contribution in [0.2, 0.25) is 0 Å². The van der Waals surface area contributed by atoms with Crippen molar-refractivity contribution in [3.05, 3.63) is 65.7 Å². The number of hydrogen-bond donors (Lipinski definition) is 1. The first-order valence-corrected chi connectivity index (χ1v) is 13.1. The second-order valence-corrected chi connectivity index (χ2v) is 10.8. The number of amides is 1. The summed E-state index contributed by atoms with van der Waals surface area (Å²) < 4.78 is 27.1. The van der Waals surface area contributed by atoms with E-state index in [-0.39, 0.29) is 11.9 Å². The molecule has 1 amide bonds. The molecule has 0 spiro atoms. The molecule has 32 heavy (non-hydrogen) atoms. The van der Waals surface area contributed by atoms with Gasteiger partial charge in [0.2, 0.25) is 15.9 Å². The lowest BCUT2D eigenvalue weighted by Gasteiger charge is -2.25. The molecule has 1 atom stereocenters. The van der Waals surface area contributed by atoms with Gasteiger partial charge in [-0.1, -0.05) is 48.9 Å². The summed E-state index contributed by atoms with van der Waals surface area (Å²) in [7, 11) is -3.40. The average molecular weight is 456 g/mol. The summed E-state index contributed by atoms with van der Waals surface area (Å²) >= 11 is 0. The topological polar surface area (TPSA) is 69.7 Å². The molecule has 2 aromatic carbocycles. The molecule has 172 valence electrons. The molecule has 4 rings (SSSR count). The summed E-state index contributed by atoms with van der Waals surface area (Å²) in [6.45, 7) is 4.00. The summed E-state index contributed by atoms with van der Waals surface area (Å²) in [6.07, 6.45) is 4.94. The van der Waals surface area contributed by atoms with Gasteiger partial charge in [0, 0.05) is 45.2 Å². The van der Waals surface area contributed by atoms with Gasteiger partial charge in [0.05, 0.1) is 4.90 Å². The van der Waals surface area contributed by atoms with E-state index in [0.29, 0.717) is 30.8 Å². The molecule has 2 heterocycles. The average Bonchev–Trinajstić information content (AvgIpc) is 3.25. The van der Waals surface area contributed by atoms with E-state index in [2.05, 4.69) is 34.5 Å². The third kappa shape index (κ3) is 5.97. The third-order valence-electron chi connectivity index (χ3n) is 6.40. The van der Waals surface area contributed by atoms with Crippen molar-refractivity contribution < 1.29 is 13.2 Å². The monoisotopic (exact) mass is 455 g/mol. The van der Waals surface area contributed by atoms with E-state index in [1.165, 1.54) is 5.56 Å². The lowest BCUT2D eigenvalue weighted by Crippen LogP contribution is -2.37. The number of hydrogen-bond acceptors (Lipinski definition) is 4. The minimum Gasteiger partial charge on any atom is -0.352 e. The number of rotatable bonds is 8. The molecule has 2 aromatic rings. The van der Waals surface area contributed by atoms with Crippen LogP contribution in [0.25, 0.3) is 0 Å². The molecule has 2 aliphatic rings. The summed E-state index contributed by atoms with van der Waals surface area (Å²) in [5.74, 6) is 0.0570. The Morgan fingerprint density at radius 2 is 1.62 bits per heavy atom. The van der Waals surface area contributed by atoms with E-state index in [1.807, 2.05) is 18.2 Å². The molecule has 2 fully saturated rings. The maximum absolute atomic E-state index is 12.8. The van der Waals surface area contributed by atoms with Gasteiger partial charge in [-0.2, -0.15) is 4.31 Å². The number of carbonyl (C=O) groups is 1. The Labute approximate surface area is 191 Å². The molecule has 0 radical (unpaired) electrons. The summed E-state index contributed by atoms with van der Waals surface area (Å²) in [4.78, 5) is 15.2. The van der Waals surface area contributed by atoms with Crippen molar-refractivity contribution in [2.24, 2.45) is 0 Å². The fourth-order valence-electron chi connectivity index (χ4n) is 4.58. The Kier molecular flexibility index (Phi) is 7.60. The number of piperidine rings is 1. The number of likely N-dealkylation sites (tertiary alicyclic amines) is 1. The Morgan fingerprint density at radius 3 is 2.34 bits per heavy atom. The smallest absolute Gasteiger partial charge is 0.243 e. The van der Waals surface area contributed by atoms with Crippen molar-refractivity contribution in [3.63, 3.8) is 0 Å². The van der Waals surface area contributed by atoms with Crippen LogP contribution in [-0.4, -0.2) is 55.8 Å². The minimum atomic E-state index is -3.40. The first-order chi connectivity index (χ1) is 15.5. The normalized spacial score (nSPS) is 20.3. The van der Waals surface area contributed by atoms with E-state index in [4.69, 9.17) is 0 Å². The largest absolute Gasteiger partial charge is 0.352 e. The Balaban J connectivity index is 1.22. The zero-order valence-electron chi connectivity index (χ0n) is 18.6. The summed E-state index contributed by atoms with van der Waals surface area (Å²) in [5.41, 5.74) is 2.28. The van der Waals surface area contributed by atoms with Crippen LogP contribution in [0, 0.1) is 0 Å². The standard InChI is InChI=1S/C25H33N3O3S/c29-25(26-23-15-18-27(20-23)19-22-7-3-1-4-8-22)14-11-21-9-12-24(13-10-21)32(30,31)28-16-5-2-6-17-28/h1,3-4,7-10,12-13,23H,2,5-6,11,14-20H2,(H,26,29)/t23-/m1/s1. The number of carbonyl (C=O) groups excluding carboxylic acids is 1. The van der Waals surface area contributed by atoms with Gasteiger partial charge in [-0.3, -0.25) is 9.69 Å². The summed E-state index contributed by atoms with van der Waals surface area (Å²) in [5, 5.41) is 3.16. The number of aryl methyl sites for hydroxylation is 1. The van der Waals surface area contributed by atoms with Crippen molar-refractivity contribution in [2.45, 2.75) is 56.0 Å². The van der Waals surface area contributed by atoms with E-state index < -0.39 is 10.0 Å². The fraction of sp³-hybridized carbons (Fsp3) is 0.480. The molecule has 2 saturated heterocycles. The highest BCUT2D eigenvalue weighted by Gasteiger charge is 2.26. The number of benzene rings is 2. The molecule has 0 saturated carbocycles. The van der Waals surface area contributed by atoms with Gasteiger partial charge in [-0.25, -0.2) is 8.42 Å². The van der Waals surface area contributed by atoms with Gasteiger partial charge < -0.3 is 5.32 Å². The minimum absolute atomic E-state index is 0.0570. The molecular weight excluding hydrogens is 422 g/mol. The fourth-order valence-corrected chi connectivity index (χ4v) is 6.09. The van der Waals surface area contributed by atoms with Crippen LogP contribution in [0.15, 0.2) is 59.5 Å². The van der Waals surface area contributed by atoms with Gasteiger partial charge in [0.1, 0.15) is 0 Å². The van der Waals surface area contributed by atoms with Crippen LogP contribution in [0.5, 0.6) is 0 Å². The van der Waals surface area contributed by atoms with E-state index in [0.717, 1.165) is 50.9 Å². The van der Waals surface area contributed by atoms with Crippen LogP contribution < -0.4 is 5.32 Å². The van der Waals surface area contributed by atoms with Crippen LogP contribution in [0.4, 0.5) is 0 Å². The van der Waals surface area contributed by atoms with Crippen molar-refractivity contribution >= 4 is 15.9 Å². The SMILES string of the molecule is O=C(CCc1ccc(S(=O)(=O)N2CCCCC2)cc1)N[C@@H]1CCN(Cc2ccccc2)C1. The molecular formula is C25H33N3O3S. The highest BCUT2D eigenvalue weighted by atomic mass is 32.2. The molecule has 0 bridgehead atoms. The van der Waals surface area contributed by atoms with Crippen LogP contribution in [-0.2, 0) is 27.8 Å². The maximum atomic E-state index is 12.8. The van der Waals surface area contributed by atoms with E-state index >= 15 is 0 Å². The second kappa shape index (κ2) is 10.6. The van der Waals surface area contributed by atoms with E-state index in [9.17, 15) is 13.2 Å². The first kappa shape index (κ1) is 23.0. The second-order valence-electron chi connectivity index (χ2n) is 8.88. The maximum Gasteiger partial charge on any atom is 0.243 e. The van der Waals surface area contributed by atoms with Gasteiger partial charge in [-0.05, 0) is 48.9 Å². The van der Waals surface area contributed by atoms with Crippen molar-refractivity contribution in [1.29, 1.82) is 0 Å². The quantitative estimate of drug-likeness (QED) is 0.664. The number of sulfonamides is 1. The van der Waals surface area contributed by atoms with Crippen LogP contribution in [0.1, 0.15) is 43.2 Å². The Hall–Kier alpha value is -2.22. The molecule has 0 aliphatic carbocycles. The predicted molar refractivity (Wildman–Crippen MR) is 126 cm³/mol. The highest BCUT2D eigenvalue weighted by molar-refractivity contribution is 7.89. The van der Waals surface area contributed by atoms with Gasteiger partial charge >= 0.3 is 0 Å². The van der Waals surface area contributed by atoms with Crippen molar-refractivity contribution in [3.8, 4) is 0 Å². The molecule has 1 N–H and O–H groups in total. The lowest BCUT2D eigenvalue weighted by molar-refractivity contribution is -0.121. The van der Waals surface area contributed by atoms with Crippen LogP contribution in [0.3, 0.4) is 0 Å². The van der Waals surface area contributed by atoms with Crippen molar-refractivity contribution in [2.75, 3.05) is 26.2 Å². The first-order valence-electron chi connectivity index (χ1n) is 11.7. The zero-order valence-corrected chi connectivity index (χ0v) is 19.4. The van der Waals surface area contributed by atoms with Crippen LogP contribution >= 0.6 is 0 Å². The zero-order chi connectivity index (χ0) is 22.4. The Bertz CT molecular complexity index is 987. The lowest BCUT2D eigenvalue weighted by atomic mass is 10.1. The number of nitrogens with zero attached hydrogens (tertiary/aromatic N) is 2. The Morgan fingerprint density at radius 1 is 0.906 bits per heavy atom. The highest BCUT2D eigenvalue weighted by Crippen LogP contribution is 2.21. The number of nitrogens with one attached hydrogen (secondary N) is 1. The van der Waals surface area contributed by atoms with Gasteiger partial charge in [0.15, 0.2) is 0 Å².